The Labute approximate surface area is 101 Å². The second kappa shape index (κ2) is 5.36. The molecule has 0 amide bonds. The first-order valence-corrected chi connectivity index (χ1v) is 6.12. The van der Waals surface area contributed by atoms with E-state index in [1.807, 2.05) is 0 Å². The van der Waals surface area contributed by atoms with Crippen LogP contribution in [-0.2, 0) is 0 Å². The third kappa shape index (κ3) is 3.09. The molecule has 0 unspecified atom stereocenters. The van der Waals surface area contributed by atoms with Gasteiger partial charge in [0.15, 0.2) is 0 Å². The van der Waals surface area contributed by atoms with Gasteiger partial charge in [-0.3, -0.25) is 0 Å². The van der Waals surface area contributed by atoms with Crippen LogP contribution in [0.1, 0.15) is 25.7 Å². The van der Waals surface area contributed by atoms with E-state index in [1.54, 1.807) is 12.1 Å². The van der Waals surface area contributed by atoms with Crippen molar-refractivity contribution in [2.45, 2.75) is 31.8 Å². The molecular weight excluding hydrogens is 219 g/mol. The molecule has 1 aliphatic carbocycles. The predicted octanol–water partition coefficient (Wildman–Crippen LogP) is 2.37. The Morgan fingerprint density at radius 1 is 1.29 bits per heavy atom. The Balaban J connectivity index is 1.87. The van der Waals surface area contributed by atoms with E-state index in [2.05, 4.69) is 5.32 Å². The molecule has 0 bridgehead atoms. The van der Waals surface area contributed by atoms with Crippen LogP contribution < -0.4 is 11.1 Å². The van der Waals surface area contributed by atoms with Crippen molar-refractivity contribution in [2.24, 2.45) is 5.92 Å². The molecule has 0 heterocycles. The molecule has 0 aliphatic heterocycles. The third-order valence-electron chi connectivity index (χ3n) is 3.45. The van der Waals surface area contributed by atoms with Crippen LogP contribution in [0.15, 0.2) is 18.2 Å². The Morgan fingerprint density at radius 3 is 2.71 bits per heavy atom. The maximum Gasteiger partial charge on any atom is 0.148 e. The van der Waals surface area contributed by atoms with Crippen molar-refractivity contribution in [3.63, 3.8) is 0 Å². The van der Waals surface area contributed by atoms with Crippen LogP contribution in [0.5, 0.6) is 0 Å². The number of aliphatic hydroxyl groups excluding tert-OH is 1. The fourth-order valence-corrected chi connectivity index (χ4v) is 2.29. The van der Waals surface area contributed by atoms with Gasteiger partial charge in [0.1, 0.15) is 5.82 Å². The van der Waals surface area contributed by atoms with E-state index < -0.39 is 0 Å². The van der Waals surface area contributed by atoms with Crippen molar-refractivity contribution in [1.82, 2.24) is 0 Å². The molecule has 2 rings (SSSR count). The molecule has 0 saturated heterocycles. The zero-order valence-corrected chi connectivity index (χ0v) is 9.82. The Kier molecular flexibility index (Phi) is 3.84. The van der Waals surface area contributed by atoms with Gasteiger partial charge in [0.25, 0.3) is 0 Å². The van der Waals surface area contributed by atoms with E-state index in [9.17, 15) is 9.50 Å². The average molecular weight is 238 g/mol. The average Bonchev–Trinajstić information content (AvgIpc) is 2.33. The molecule has 0 atom stereocenters. The van der Waals surface area contributed by atoms with Gasteiger partial charge in [0.2, 0.25) is 0 Å². The first-order valence-electron chi connectivity index (χ1n) is 6.12. The van der Waals surface area contributed by atoms with Crippen LogP contribution in [-0.4, -0.2) is 17.8 Å². The van der Waals surface area contributed by atoms with Gasteiger partial charge >= 0.3 is 0 Å². The molecule has 4 heteroatoms. The molecule has 1 aromatic carbocycles. The van der Waals surface area contributed by atoms with Gasteiger partial charge in [-0.2, -0.15) is 0 Å². The summed E-state index contributed by atoms with van der Waals surface area (Å²) in [5.41, 5.74) is 6.49. The van der Waals surface area contributed by atoms with Crippen LogP contribution in [0.2, 0.25) is 0 Å². The van der Waals surface area contributed by atoms with E-state index >= 15 is 0 Å². The standard InChI is InChI=1S/C13H19FN2O/c14-11-2-1-3-12(13(11)15)16-8-9-4-6-10(17)7-5-9/h1-3,9-10,16-17H,4-8,15H2. The van der Waals surface area contributed by atoms with E-state index in [1.165, 1.54) is 6.07 Å². The summed E-state index contributed by atoms with van der Waals surface area (Å²) in [6, 6.07) is 4.80. The Hall–Kier alpha value is -1.29. The molecule has 4 N–H and O–H groups in total. The maximum absolute atomic E-state index is 13.2. The highest BCUT2D eigenvalue weighted by Crippen LogP contribution is 2.26. The highest BCUT2D eigenvalue weighted by atomic mass is 19.1. The molecular formula is C13H19FN2O. The lowest BCUT2D eigenvalue weighted by Gasteiger charge is -2.26. The van der Waals surface area contributed by atoms with E-state index in [0.717, 1.165) is 32.2 Å². The van der Waals surface area contributed by atoms with E-state index in [0.29, 0.717) is 11.6 Å². The quantitative estimate of drug-likeness (QED) is 0.708. The fourth-order valence-electron chi connectivity index (χ4n) is 2.29. The number of rotatable bonds is 3. The number of nitrogen functional groups attached to an aromatic ring is 1. The zero-order chi connectivity index (χ0) is 12.3. The molecule has 17 heavy (non-hydrogen) atoms. The van der Waals surface area contributed by atoms with E-state index in [-0.39, 0.29) is 17.6 Å². The highest BCUT2D eigenvalue weighted by Gasteiger charge is 2.19. The van der Waals surface area contributed by atoms with Gasteiger partial charge in [-0.25, -0.2) is 4.39 Å². The lowest BCUT2D eigenvalue weighted by Crippen LogP contribution is -2.23. The second-order valence-corrected chi connectivity index (χ2v) is 4.76. The molecule has 0 radical (unpaired) electrons. The molecule has 0 spiro atoms. The Morgan fingerprint density at radius 2 is 2.00 bits per heavy atom. The number of aliphatic hydroxyl groups is 1. The second-order valence-electron chi connectivity index (χ2n) is 4.76. The normalized spacial score (nSPS) is 24.6. The number of benzene rings is 1. The monoisotopic (exact) mass is 238 g/mol. The highest BCUT2D eigenvalue weighted by molar-refractivity contribution is 5.66. The third-order valence-corrected chi connectivity index (χ3v) is 3.45. The molecule has 1 aliphatic rings. The summed E-state index contributed by atoms with van der Waals surface area (Å²) in [5.74, 6) is 0.162. The van der Waals surface area contributed by atoms with Crippen LogP contribution in [0.25, 0.3) is 0 Å². The Bertz CT molecular complexity index is 376. The van der Waals surface area contributed by atoms with Gasteiger partial charge in [0, 0.05) is 6.54 Å². The van der Waals surface area contributed by atoms with Crippen molar-refractivity contribution < 1.29 is 9.50 Å². The number of nitrogens with two attached hydrogens (primary N) is 1. The minimum atomic E-state index is -0.380. The number of hydrogen-bond acceptors (Lipinski definition) is 3. The molecule has 94 valence electrons. The van der Waals surface area contributed by atoms with Crippen molar-refractivity contribution >= 4 is 11.4 Å². The number of anilines is 2. The summed E-state index contributed by atoms with van der Waals surface area (Å²) < 4.78 is 13.2. The predicted molar refractivity (Wildman–Crippen MR) is 67.3 cm³/mol. The fraction of sp³-hybridized carbons (Fsp3) is 0.538. The van der Waals surface area contributed by atoms with E-state index in [4.69, 9.17) is 5.73 Å². The minimum absolute atomic E-state index is 0.134. The smallest absolute Gasteiger partial charge is 0.148 e. The maximum atomic E-state index is 13.2. The topological polar surface area (TPSA) is 58.3 Å². The lowest BCUT2D eigenvalue weighted by molar-refractivity contribution is 0.111. The first kappa shape index (κ1) is 12.2. The summed E-state index contributed by atoms with van der Waals surface area (Å²) in [6.07, 6.45) is 3.63. The number of para-hydroxylation sites is 1. The van der Waals surface area contributed by atoms with Crippen molar-refractivity contribution in [3.05, 3.63) is 24.0 Å². The lowest BCUT2D eigenvalue weighted by atomic mass is 9.87. The molecule has 1 saturated carbocycles. The van der Waals surface area contributed by atoms with Gasteiger partial charge in [-0.1, -0.05) is 6.07 Å². The van der Waals surface area contributed by atoms with Gasteiger partial charge in [-0.15, -0.1) is 0 Å². The molecule has 3 nitrogen and oxygen atoms in total. The molecule has 1 aromatic rings. The summed E-state index contributed by atoms with van der Waals surface area (Å²) >= 11 is 0. The summed E-state index contributed by atoms with van der Waals surface area (Å²) in [5, 5.41) is 12.6. The van der Waals surface area contributed by atoms with Crippen molar-refractivity contribution in [2.75, 3.05) is 17.6 Å². The zero-order valence-electron chi connectivity index (χ0n) is 9.82. The van der Waals surface area contributed by atoms with Crippen LogP contribution >= 0.6 is 0 Å². The largest absolute Gasteiger partial charge is 0.395 e. The number of halogens is 1. The minimum Gasteiger partial charge on any atom is -0.395 e. The van der Waals surface area contributed by atoms with Crippen molar-refractivity contribution in [1.29, 1.82) is 0 Å². The molecule has 1 fully saturated rings. The van der Waals surface area contributed by atoms with Gasteiger partial charge < -0.3 is 16.2 Å². The summed E-state index contributed by atoms with van der Waals surface area (Å²) in [7, 11) is 0. The van der Waals surface area contributed by atoms with Crippen molar-refractivity contribution in [3.8, 4) is 0 Å². The van der Waals surface area contributed by atoms with Crippen LogP contribution in [0.4, 0.5) is 15.8 Å². The first-order chi connectivity index (χ1) is 8.16. The SMILES string of the molecule is Nc1c(F)cccc1NCC1CCC(O)CC1. The number of nitrogens with one attached hydrogen (secondary N) is 1. The van der Waals surface area contributed by atoms with Crippen LogP contribution in [0.3, 0.4) is 0 Å². The van der Waals surface area contributed by atoms with Gasteiger partial charge in [-0.05, 0) is 43.7 Å². The summed E-state index contributed by atoms with van der Waals surface area (Å²) in [6.45, 7) is 0.792. The van der Waals surface area contributed by atoms with Gasteiger partial charge in [0.05, 0.1) is 17.5 Å². The summed E-state index contributed by atoms with van der Waals surface area (Å²) in [4.78, 5) is 0. The van der Waals surface area contributed by atoms with Crippen LogP contribution in [0, 0.1) is 11.7 Å². The molecule has 0 aromatic heterocycles. The number of hydrogen-bond donors (Lipinski definition) is 3.